The average molecular weight is 275 g/mol. The molecule has 0 aromatic heterocycles. The van der Waals surface area contributed by atoms with E-state index in [0.717, 1.165) is 30.8 Å². The highest BCUT2D eigenvalue weighted by atomic mass is 16.1. The van der Waals surface area contributed by atoms with Crippen molar-refractivity contribution in [3.63, 3.8) is 0 Å². The summed E-state index contributed by atoms with van der Waals surface area (Å²) in [6.07, 6.45) is 5.05. The number of nitrogens with two attached hydrogens (primary N) is 1. The fourth-order valence-electron chi connectivity index (χ4n) is 2.66. The zero-order valence-electron chi connectivity index (χ0n) is 12.3. The third-order valence-corrected chi connectivity index (χ3v) is 4.08. The number of carbonyl (C=O) groups excluding carboxylic acids is 1. The van der Waals surface area contributed by atoms with E-state index >= 15 is 0 Å². The molecule has 1 amide bonds. The summed E-state index contributed by atoms with van der Waals surface area (Å²) >= 11 is 0. The van der Waals surface area contributed by atoms with Crippen LogP contribution in [0, 0.1) is 0 Å². The molecule has 0 spiro atoms. The largest absolute Gasteiger partial charge is 0.399 e. The molecule has 110 valence electrons. The van der Waals surface area contributed by atoms with Crippen LogP contribution < -0.4 is 11.1 Å². The maximum atomic E-state index is 11.9. The monoisotopic (exact) mass is 275 g/mol. The molecule has 0 bridgehead atoms. The lowest BCUT2D eigenvalue weighted by atomic mass is 10.0. The first kappa shape index (κ1) is 14.9. The van der Waals surface area contributed by atoms with Crippen molar-refractivity contribution in [2.75, 3.05) is 25.9 Å². The summed E-state index contributed by atoms with van der Waals surface area (Å²) < 4.78 is 0. The van der Waals surface area contributed by atoms with Gasteiger partial charge >= 0.3 is 0 Å². The zero-order chi connectivity index (χ0) is 14.4. The Morgan fingerprint density at radius 2 is 2.10 bits per heavy atom. The Balaban J connectivity index is 1.68. The van der Waals surface area contributed by atoms with Gasteiger partial charge in [0.1, 0.15) is 0 Å². The van der Waals surface area contributed by atoms with Gasteiger partial charge in [-0.1, -0.05) is 18.6 Å². The van der Waals surface area contributed by atoms with Gasteiger partial charge in [-0.25, -0.2) is 0 Å². The molecule has 0 radical (unpaired) electrons. The van der Waals surface area contributed by atoms with E-state index < -0.39 is 0 Å². The first-order chi connectivity index (χ1) is 9.65. The Bertz CT molecular complexity index is 430. The smallest absolute Gasteiger partial charge is 0.220 e. The molecule has 1 aromatic carbocycles. The van der Waals surface area contributed by atoms with Crippen molar-refractivity contribution < 1.29 is 4.79 Å². The molecular weight excluding hydrogens is 250 g/mol. The molecule has 1 aliphatic heterocycles. The van der Waals surface area contributed by atoms with Crippen molar-refractivity contribution in [1.82, 2.24) is 10.2 Å². The van der Waals surface area contributed by atoms with Gasteiger partial charge in [-0.2, -0.15) is 0 Å². The highest BCUT2D eigenvalue weighted by molar-refractivity contribution is 5.76. The number of benzene rings is 1. The summed E-state index contributed by atoms with van der Waals surface area (Å²) in [5.41, 5.74) is 7.56. The number of nitrogens with one attached hydrogen (secondary N) is 1. The summed E-state index contributed by atoms with van der Waals surface area (Å²) in [6, 6.07) is 8.23. The van der Waals surface area contributed by atoms with Crippen LogP contribution in [0.4, 0.5) is 5.69 Å². The Kier molecular flexibility index (Phi) is 5.41. The summed E-state index contributed by atoms with van der Waals surface area (Å²) in [5, 5.41) is 3.06. The van der Waals surface area contributed by atoms with Gasteiger partial charge in [0.2, 0.25) is 5.91 Å². The Morgan fingerprint density at radius 3 is 2.80 bits per heavy atom. The van der Waals surface area contributed by atoms with Crippen LogP contribution in [0.5, 0.6) is 0 Å². The number of piperidine rings is 1. The van der Waals surface area contributed by atoms with Gasteiger partial charge in [0.05, 0.1) is 0 Å². The predicted molar refractivity (Wildman–Crippen MR) is 82.5 cm³/mol. The van der Waals surface area contributed by atoms with Gasteiger partial charge in [-0.05, 0) is 50.6 Å². The molecule has 4 heteroatoms. The molecule has 3 N–H and O–H groups in total. The SMILES string of the molecule is CN1CCCCC1CNC(=O)CCc1ccc(N)cc1. The molecule has 4 nitrogen and oxygen atoms in total. The number of hydrogen-bond acceptors (Lipinski definition) is 3. The minimum Gasteiger partial charge on any atom is -0.399 e. The van der Waals surface area contributed by atoms with Gasteiger partial charge in [0.25, 0.3) is 0 Å². The number of nitrogens with zero attached hydrogens (tertiary/aromatic N) is 1. The van der Waals surface area contributed by atoms with Crippen molar-refractivity contribution in [2.24, 2.45) is 0 Å². The zero-order valence-corrected chi connectivity index (χ0v) is 12.3. The van der Waals surface area contributed by atoms with Crippen molar-refractivity contribution in [2.45, 2.75) is 38.1 Å². The number of hydrogen-bond donors (Lipinski definition) is 2. The molecule has 1 saturated heterocycles. The van der Waals surface area contributed by atoms with Crippen LogP contribution in [0.1, 0.15) is 31.2 Å². The van der Waals surface area contributed by atoms with Crippen LogP contribution in [-0.2, 0) is 11.2 Å². The average Bonchev–Trinajstić information content (AvgIpc) is 2.46. The molecule has 1 fully saturated rings. The molecule has 1 unspecified atom stereocenters. The van der Waals surface area contributed by atoms with Crippen LogP contribution in [0.3, 0.4) is 0 Å². The van der Waals surface area contributed by atoms with Gasteiger partial charge < -0.3 is 16.0 Å². The van der Waals surface area contributed by atoms with Crippen LogP contribution >= 0.6 is 0 Å². The van der Waals surface area contributed by atoms with Gasteiger partial charge in [-0.15, -0.1) is 0 Å². The minimum atomic E-state index is 0.140. The predicted octanol–water partition coefficient (Wildman–Crippen LogP) is 1.80. The standard InChI is InChI=1S/C16H25N3O/c1-19-11-3-2-4-15(19)12-18-16(20)10-7-13-5-8-14(17)9-6-13/h5-6,8-9,15H,2-4,7,10-12,17H2,1H3,(H,18,20). The van der Waals surface area contributed by atoms with E-state index in [2.05, 4.69) is 17.3 Å². The molecule has 1 aromatic rings. The van der Waals surface area contributed by atoms with E-state index in [4.69, 9.17) is 5.73 Å². The Labute approximate surface area is 121 Å². The fourth-order valence-corrected chi connectivity index (χ4v) is 2.66. The second-order valence-electron chi connectivity index (χ2n) is 5.68. The molecule has 20 heavy (non-hydrogen) atoms. The number of nitrogen functional groups attached to an aromatic ring is 1. The number of carbonyl (C=O) groups is 1. The molecule has 1 heterocycles. The number of rotatable bonds is 5. The fraction of sp³-hybridized carbons (Fsp3) is 0.562. The third kappa shape index (κ3) is 4.53. The second-order valence-corrected chi connectivity index (χ2v) is 5.68. The Morgan fingerprint density at radius 1 is 1.35 bits per heavy atom. The van der Waals surface area contributed by atoms with Crippen LogP contribution in [-0.4, -0.2) is 37.0 Å². The van der Waals surface area contributed by atoms with Gasteiger partial charge in [0.15, 0.2) is 0 Å². The number of likely N-dealkylation sites (tertiary alicyclic amines) is 1. The number of anilines is 1. The summed E-state index contributed by atoms with van der Waals surface area (Å²) in [5.74, 6) is 0.140. The van der Waals surface area contributed by atoms with E-state index in [1.807, 2.05) is 24.3 Å². The highest BCUT2D eigenvalue weighted by Crippen LogP contribution is 2.14. The molecule has 1 atom stereocenters. The quantitative estimate of drug-likeness (QED) is 0.806. The number of likely N-dealkylation sites (N-methyl/N-ethyl adjacent to an activating group) is 1. The lowest BCUT2D eigenvalue weighted by Gasteiger charge is -2.32. The van der Waals surface area contributed by atoms with E-state index in [9.17, 15) is 4.79 Å². The Hall–Kier alpha value is -1.55. The van der Waals surface area contributed by atoms with Crippen LogP contribution in [0.25, 0.3) is 0 Å². The van der Waals surface area contributed by atoms with E-state index in [1.165, 1.54) is 19.3 Å². The number of amides is 1. The second kappa shape index (κ2) is 7.29. The van der Waals surface area contributed by atoms with Crippen molar-refractivity contribution in [1.29, 1.82) is 0 Å². The third-order valence-electron chi connectivity index (χ3n) is 4.08. The maximum Gasteiger partial charge on any atom is 0.220 e. The van der Waals surface area contributed by atoms with Crippen molar-refractivity contribution >= 4 is 11.6 Å². The summed E-state index contributed by atoms with van der Waals surface area (Å²) in [7, 11) is 2.14. The minimum absolute atomic E-state index is 0.140. The van der Waals surface area contributed by atoms with Crippen molar-refractivity contribution in [3.05, 3.63) is 29.8 Å². The lowest BCUT2D eigenvalue weighted by Crippen LogP contribution is -2.44. The summed E-state index contributed by atoms with van der Waals surface area (Å²) in [4.78, 5) is 14.2. The normalized spacial score (nSPS) is 19.8. The summed E-state index contributed by atoms with van der Waals surface area (Å²) in [6.45, 7) is 1.92. The maximum absolute atomic E-state index is 11.9. The van der Waals surface area contributed by atoms with E-state index in [-0.39, 0.29) is 5.91 Å². The van der Waals surface area contributed by atoms with Crippen LogP contribution in [0.2, 0.25) is 0 Å². The molecule has 0 saturated carbocycles. The molecule has 1 aliphatic rings. The first-order valence-corrected chi connectivity index (χ1v) is 7.46. The molecule has 2 rings (SSSR count). The highest BCUT2D eigenvalue weighted by Gasteiger charge is 2.18. The molecular formula is C16H25N3O. The topological polar surface area (TPSA) is 58.4 Å². The lowest BCUT2D eigenvalue weighted by molar-refractivity contribution is -0.121. The van der Waals surface area contributed by atoms with Gasteiger partial charge in [0, 0.05) is 24.7 Å². The first-order valence-electron chi connectivity index (χ1n) is 7.46. The van der Waals surface area contributed by atoms with E-state index in [0.29, 0.717) is 12.5 Å². The van der Waals surface area contributed by atoms with Gasteiger partial charge in [-0.3, -0.25) is 4.79 Å². The number of aryl methyl sites for hydroxylation is 1. The van der Waals surface area contributed by atoms with E-state index in [1.54, 1.807) is 0 Å². The molecule has 0 aliphatic carbocycles. The van der Waals surface area contributed by atoms with Crippen LogP contribution in [0.15, 0.2) is 24.3 Å². The van der Waals surface area contributed by atoms with Crippen molar-refractivity contribution in [3.8, 4) is 0 Å².